The summed E-state index contributed by atoms with van der Waals surface area (Å²) in [6.45, 7) is 6.10. The number of carbonyl (C=O) groups excluding carboxylic acids is 2. The fourth-order valence-corrected chi connectivity index (χ4v) is 2.83. The Labute approximate surface area is 123 Å². The van der Waals surface area contributed by atoms with Crippen molar-refractivity contribution in [2.24, 2.45) is 0 Å². The molecule has 1 aromatic heterocycles. The summed E-state index contributed by atoms with van der Waals surface area (Å²) < 4.78 is 0. The number of carbonyl (C=O) groups is 2. The Bertz CT molecular complexity index is 439. The molecule has 2 amide bonds. The largest absolute Gasteiger partial charge is 0.355 e. The molecule has 1 aromatic rings. The van der Waals surface area contributed by atoms with Gasteiger partial charge in [-0.2, -0.15) is 11.3 Å². The van der Waals surface area contributed by atoms with Crippen LogP contribution < -0.4 is 5.32 Å². The first-order chi connectivity index (χ1) is 9.70. The van der Waals surface area contributed by atoms with E-state index >= 15 is 0 Å². The molecule has 0 atom stereocenters. The average Bonchev–Trinajstić information content (AvgIpc) is 2.99. The molecule has 1 saturated heterocycles. The van der Waals surface area contributed by atoms with E-state index in [4.69, 9.17) is 0 Å². The lowest BCUT2D eigenvalue weighted by molar-refractivity contribution is -0.122. The number of rotatable bonds is 5. The third-order valence-electron chi connectivity index (χ3n) is 3.37. The van der Waals surface area contributed by atoms with Crippen molar-refractivity contribution in [1.29, 1.82) is 0 Å². The van der Waals surface area contributed by atoms with Crippen LogP contribution in [0.25, 0.3) is 0 Å². The maximum absolute atomic E-state index is 12.2. The average molecular weight is 295 g/mol. The van der Waals surface area contributed by atoms with Gasteiger partial charge >= 0.3 is 0 Å². The summed E-state index contributed by atoms with van der Waals surface area (Å²) in [4.78, 5) is 27.8. The monoisotopic (exact) mass is 295 g/mol. The van der Waals surface area contributed by atoms with E-state index in [1.165, 1.54) is 11.3 Å². The summed E-state index contributed by atoms with van der Waals surface area (Å²) in [6, 6.07) is 1.86. The number of piperazine rings is 1. The summed E-state index contributed by atoms with van der Waals surface area (Å²) in [5, 5.41) is 6.68. The van der Waals surface area contributed by atoms with Crippen LogP contribution in [-0.2, 0) is 4.79 Å². The minimum Gasteiger partial charge on any atom is -0.355 e. The van der Waals surface area contributed by atoms with Gasteiger partial charge in [-0.1, -0.05) is 6.92 Å². The normalized spacial score (nSPS) is 16.1. The second-order valence-electron chi connectivity index (χ2n) is 4.93. The van der Waals surface area contributed by atoms with Crippen molar-refractivity contribution in [3.8, 4) is 0 Å². The van der Waals surface area contributed by atoms with Gasteiger partial charge in [0.1, 0.15) is 0 Å². The van der Waals surface area contributed by atoms with Crippen molar-refractivity contribution in [1.82, 2.24) is 15.1 Å². The van der Waals surface area contributed by atoms with Crippen molar-refractivity contribution < 1.29 is 9.59 Å². The van der Waals surface area contributed by atoms with Crippen LogP contribution in [0.5, 0.6) is 0 Å². The Kier molecular flexibility index (Phi) is 5.55. The molecule has 20 heavy (non-hydrogen) atoms. The summed E-state index contributed by atoms with van der Waals surface area (Å²) in [5.41, 5.74) is 0.768. The first-order valence-corrected chi connectivity index (χ1v) is 7.95. The molecular formula is C14H21N3O2S. The van der Waals surface area contributed by atoms with Crippen LogP contribution in [0.2, 0.25) is 0 Å². The maximum atomic E-state index is 12.2. The smallest absolute Gasteiger partial charge is 0.254 e. The van der Waals surface area contributed by atoms with Gasteiger partial charge in [0.2, 0.25) is 5.91 Å². The molecule has 0 aliphatic carbocycles. The Morgan fingerprint density at radius 2 is 2.05 bits per heavy atom. The Morgan fingerprint density at radius 3 is 2.65 bits per heavy atom. The highest BCUT2D eigenvalue weighted by molar-refractivity contribution is 7.08. The van der Waals surface area contributed by atoms with Crippen LogP contribution >= 0.6 is 11.3 Å². The molecule has 0 spiro atoms. The Hall–Kier alpha value is -1.40. The van der Waals surface area contributed by atoms with E-state index in [9.17, 15) is 9.59 Å². The van der Waals surface area contributed by atoms with Gasteiger partial charge in [-0.15, -0.1) is 0 Å². The molecular weight excluding hydrogens is 274 g/mol. The number of nitrogens with one attached hydrogen (secondary N) is 1. The molecule has 0 aromatic carbocycles. The van der Waals surface area contributed by atoms with Crippen LogP contribution in [0.1, 0.15) is 23.7 Å². The van der Waals surface area contributed by atoms with E-state index in [-0.39, 0.29) is 11.8 Å². The highest BCUT2D eigenvalue weighted by atomic mass is 32.1. The third-order valence-corrected chi connectivity index (χ3v) is 4.05. The maximum Gasteiger partial charge on any atom is 0.254 e. The van der Waals surface area contributed by atoms with Crippen LogP contribution in [0.3, 0.4) is 0 Å². The molecule has 0 unspecified atom stereocenters. The van der Waals surface area contributed by atoms with Crippen molar-refractivity contribution in [3.63, 3.8) is 0 Å². The van der Waals surface area contributed by atoms with Gasteiger partial charge in [-0.25, -0.2) is 0 Å². The molecule has 0 radical (unpaired) electrons. The zero-order chi connectivity index (χ0) is 14.4. The molecule has 110 valence electrons. The molecule has 1 N–H and O–H groups in total. The van der Waals surface area contributed by atoms with Crippen LogP contribution in [-0.4, -0.2) is 60.9 Å². The number of hydrogen-bond acceptors (Lipinski definition) is 4. The lowest BCUT2D eigenvalue weighted by Crippen LogP contribution is -2.51. The van der Waals surface area contributed by atoms with Crippen molar-refractivity contribution >= 4 is 23.2 Å². The number of amides is 2. The highest BCUT2D eigenvalue weighted by Gasteiger charge is 2.23. The van der Waals surface area contributed by atoms with Crippen LogP contribution in [0.15, 0.2) is 16.8 Å². The van der Waals surface area contributed by atoms with E-state index in [1.54, 1.807) is 0 Å². The summed E-state index contributed by atoms with van der Waals surface area (Å²) in [5.74, 6) is 0.172. The van der Waals surface area contributed by atoms with Crippen molar-refractivity contribution in [2.75, 3.05) is 39.3 Å². The molecule has 5 nitrogen and oxygen atoms in total. The van der Waals surface area contributed by atoms with E-state index < -0.39 is 0 Å². The van der Waals surface area contributed by atoms with Gasteiger partial charge in [0.15, 0.2) is 0 Å². The Morgan fingerprint density at radius 1 is 1.30 bits per heavy atom. The molecule has 0 saturated carbocycles. The molecule has 2 heterocycles. The van der Waals surface area contributed by atoms with Gasteiger partial charge < -0.3 is 10.2 Å². The first kappa shape index (κ1) is 15.0. The molecule has 1 aliphatic heterocycles. The summed E-state index contributed by atoms with van der Waals surface area (Å²) in [7, 11) is 0. The summed E-state index contributed by atoms with van der Waals surface area (Å²) in [6.07, 6.45) is 0.953. The third kappa shape index (κ3) is 4.05. The van der Waals surface area contributed by atoms with Gasteiger partial charge in [0.25, 0.3) is 5.91 Å². The minimum absolute atomic E-state index is 0.0736. The molecule has 1 aliphatic rings. The fraction of sp³-hybridized carbons (Fsp3) is 0.571. The predicted octanol–water partition coefficient (Wildman–Crippen LogP) is 1.03. The highest BCUT2D eigenvalue weighted by Crippen LogP contribution is 2.11. The SMILES string of the molecule is CCCNC(=O)CN1CCN(C(=O)c2ccsc2)CC1. The van der Waals surface area contributed by atoms with Gasteiger partial charge in [-0.3, -0.25) is 14.5 Å². The zero-order valence-electron chi connectivity index (χ0n) is 11.8. The van der Waals surface area contributed by atoms with Crippen LogP contribution in [0.4, 0.5) is 0 Å². The quantitative estimate of drug-likeness (QED) is 0.883. The predicted molar refractivity (Wildman–Crippen MR) is 80.0 cm³/mol. The standard InChI is InChI=1S/C14H21N3O2S/c1-2-4-15-13(18)10-16-5-7-17(8-6-16)14(19)12-3-9-20-11-12/h3,9,11H,2,4-8,10H2,1H3,(H,15,18). The topological polar surface area (TPSA) is 52.7 Å². The second kappa shape index (κ2) is 7.40. The number of thiophene rings is 1. The van der Waals surface area contributed by atoms with Crippen molar-refractivity contribution in [3.05, 3.63) is 22.4 Å². The first-order valence-electron chi connectivity index (χ1n) is 7.01. The lowest BCUT2D eigenvalue weighted by atomic mass is 10.2. The number of hydrogen-bond donors (Lipinski definition) is 1. The van der Waals surface area contributed by atoms with E-state index in [2.05, 4.69) is 10.2 Å². The second-order valence-corrected chi connectivity index (χ2v) is 5.71. The molecule has 2 rings (SSSR count). The summed E-state index contributed by atoms with van der Waals surface area (Å²) >= 11 is 1.54. The molecule has 0 bridgehead atoms. The lowest BCUT2D eigenvalue weighted by Gasteiger charge is -2.34. The van der Waals surface area contributed by atoms with E-state index in [0.717, 1.165) is 31.6 Å². The Balaban J connectivity index is 1.75. The number of nitrogens with zero attached hydrogens (tertiary/aromatic N) is 2. The van der Waals surface area contributed by atoms with E-state index in [1.807, 2.05) is 28.7 Å². The molecule has 6 heteroatoms. The van der Waals surface area contributed by atoms with E-state index in [0.29, 0.717) is 19.6 Å². The van der Waals surface area contributed by atoms with Gasteiger partial charge in [0.05, 0.1) is 12.1 Å². The van der Waals surface area contributed by atoms with Gasteiger partial charge in [0, 0.05) is 38.1 Å². The zero-order valence-corrected chi connectivity index (χ0v) is 12.6. The van der Waals surface area contributed by atoms with Crippen molar-refractivity contribution in [2.45, 2.75) is 13.3 Å². The van der Waals surface area contributed by atoms with Gasteiger partial charge in [-0.05, 0) is 17.9 Å². The molecule has 1 fully saturated rings. The van der Waals surface area contributed by atoms with Crippen LogP contribution in [0, 0.1) is 0 Å². The fourth-order valence-electron chi connectivity index (χ4n) is 2.20. The minimum atomic E-state index is 0.0736.